The molecule has 0 bridgehead atoms. The highest BCUT2D eigenvalue weighted by Gasteiger charge is 2.20. The molecule has 6 nitrogen and oxygen atoms in total. The van der Waals surface area contributed by atoms with Crippen LogP contribution in [0, 0.1) is 5.92 Å². The minimum atomic E-state index is -0.430. The van der Waals surface area contributed by atoms with Crippen LogP contribution >= 0.6 is 0 Å². The third-order valence-electron chi connectivity index (χ3n) is 3.39. The van der Waals surface area contributed by atoms with Crippen LogP contribution in [0.4, 0.5) is 0 Å². The summed E-state index contributed by atoms with van der Waals surface area (Å²) in [5, 5.41) is 5.99. The molecule has 0 spiro atoms. The largest absolute Gasteiger partial charge is 0.482 e. The summed E-state index contributed by atoms with van der Waals surface area (Å²) in [4.78, 5) is 22.7. The lowest BCUT2D eigenvalue weighted by Crippen LogP contribution is -2.34. The van der Waals surface area contributed by atoms with Gasteiger partial charge in [0.1, 0.15) is 5.75 Å². The predicted molar refractivity (Wildman–Crippen MR) is 81.4 cm³/mol. The number of methoxy groups -OCH3 is 1. The highest BCUT2D eigenvalue weighted by atomic mass is 16.6. The van der Waals surface area contributed by atoms with E-state index >= 15 is 0 Å². The monoisotopic (exact) mass is 306 g/mol. The molecule has 0 radical (unpaired) electrons. The molecule has 1 aromatic rings. The van der Waals surface area contributed by atoms with Crippen LogP contribution in [0.3, 0.4) is 0 Å². The fraction of sp³-hybridized carbons (Fsp3) is 0.500. The maximum atomic E-state index is 11.7. The molecule has 2 rings (SSSR count). The van der Waals surface area contributed by atoms with Crippen LogP contribution < -0.4 is 15.4 Å². The normalized spacial score (nSPS) is 13.5. The zero-order valence-corrected chi connectivity index (χ0v) is 12.8. The van der Waals surface area contributed by atoms with Crippen molar-refractivity contribution in [3.05, 3.63) is 29.8 Å². The van der Waals surface area contributed by atoms with Gasteiger partial charge in [-0.15, -0.1) is 0 Å². The topological polar surface area (TPSA) is 76.7 Å². The number of benzene rings is 1. The summed E-state index contributed by atoms with van der Waals surface area (Å²) in [5.74, 6) is 0.877. The Morgan fingerprint density at radius 1 is 1.32 bits per heavy atom. The first-order valence-electron chi connectivity index (χ1n) is 7.43. The second-order valence-corrected chi connectivity index (χ2v) is 5.36. The van der Waals surface area contributed by atoms with Crippen LogP contribution in [0.2, 0.25) is 0 Å². The first kappa shape index (κ1) is 16.3. The van der Waals surface area contributed by atoms with Crippen molar-refractivity contribution >= 4 is 11.9 Å². The van der Waals surface area contributed by atoms with Crippen LogP contribution in [0.25, 0.3) is 0 Å². The van der Waals surface area contributed by atoms with Gasteiger partial charge in [-0.1, -0.05) is 12.1 Å². The molecule has 120 valence electrons. The second kappa shape index (κ2) is 8.38. The van der Waals surface area contributed by atoms with E-state index in [4.69, 9.17) is 4.74 Å². The predicted octanol–water partition coefficient (Wildman–Crippen LogP) is 0.854. The molecule has 6 heteroatoms. The van der Waals surface area contributed by atoms with Gasteiger partial charge in [0.05, 0.1) is 13.7 Å². The van der Waals surface area contributed by atoms with E-state index in [1.807, 2.05) is 12.1 Å². The van der Waals surface area contributed by atoms with Crippen molar-refractivity contribution in [3.63, 3.8) is 0 Å². The molecule has 2 N–H and O–H groups in total. The Morgan fingerprint density at radius 2 is 2.14 bits per heavy atom. The van der Waals surface area contributed by atoms with Crippen LogP contribution in [0.5, 0.6) is 5.75 Å². The van der Waals surface area contributed by atoms with Gasteiger partial charge in [-0.25, -0.2) is 4.79 Å². The van der Waals surface area contributed by atoms with Crippen molar-refractivity contribution in [3.8, 4) is 5.75 Å². The lowest BCUT2D eigenvalue weighted by atomic mass is 10.2. The van der Waals surface area contributed by atoms with E-state index in [1.165, 1.54) is 20.0 Å². The van der Waals surface area contributed by atoms with Crippen molar-refractivity contribution in [2.45, 2.75) is 19.4 Å². The van der Waals surface area contributed by atoms with E-state index in [1.54, 1.807) is 12.1 Å². The molecule has 1 amide bonds. The molecule has 1 saturated carbocycles. The Morgan fingerprint density at radius 3 is 2.86 bits per heavy atom. The molecular formula is C16H22N2O4. The Bertz CT molecular complexity index is 515. The fourth-order valence-corrected chi connectivity index (χ4v) is 1.92. The minimum absolute atomic E-state index is 0.0264. The highest BCUT2D eigenvalue weighted by Crippen LogP contribution is 2.27. The van der Waals surface area contributed by atoms with Gasteiger partial charge in [0.15, 0.2) is 6.61 Å². The third-order valence-corrected chi connectivity index (χ3v) is 3.39. The number of hydrogen-bond acceptors (Lipinski definition) is 5. The standard InChI is InChI=1S/C16H22N2O4/c1-21-16(20)11-22-14-4-2-3-13(7-14)9-18-15(19)10-17-8-12-5-6-12/h2-4,7,12,17H,5-6,8-11H2,1H3,(H,18,19). The number of ether oxygens (including phenoxy) is 2. The summed E-state index contributed by atoms with van der Waals surface area (Å²) in [5.41, 5.74) is 0.915. The summed E-state index contributed by atoms with van der Waals surface area (Å²) in [7, 11) is 1.31. The Labute approximate surface area is 130 Å². The van der Waals surface area contributed by atoms with Crippen molar-refractivity contribution in [2.24, 2.45) is 5.92 Å². The summed E-state index contributed by atoms with van der Waals surface area (Å²) < 4.78 is 9.82. The van der Waals surface area contributed by atoms with Gasteiger partial charge in [-0.2, -0.15) is 0 Å². The summed E-state index contributed by atoms with van der Waals surface area (Å²) in [6.07, 6.45) is 2.54. The van der Waals surface area contributed by atoms with E-state index in [0.29, 0.717) is 18.8 Å². The van der Waals surface area contributed by atoms with Crippen molar-refractivity contribution in [1.82, 2.24) is 10.6 Å². The van der Waals surface area contributed by atoms with Crippen LogP contribution in [0.1, 0.15) is 18.4 Å². The van der Waals surface area contributed by atoms with Crippen LogP contribution in [-0.4, -0.2) is 38.7 Å². The quantitative estimate of drug-likeness (QED) is 0.662. The van der Waals surface area contributed by atoms with Gasteiger partial charge in [0, 0.05) is 6.54 Å². The summed E-state index contributed by atoms with van der Waals surface area (Å²) in [6.45, 7) is 1.57. The van der Waals surface area contributed by atoms with E-state index in [-0.39, 0.29) is 12.5 Å². The molecule has 0 saturated heterocycles. The van der Waals surface area contributed by atoms with E-state index in [0.717, 1.165) is 18.0 Å². The average molecular weight is 306 g/mol. The zero-order chi connectivity index (χ0) is 15.8. The number of nitrogens with one attached hydrogen (secondary N) is 2. The lowest BCUT2D eigenvalue weighted by Gasteiger charge is -2.09. The maximum absolute atomic E-state index is 11.7. The van der Waals surface area contributed by atoms with Gasteiger partial charge in [0.2, 0.25) is 5.91 Å². The number of amides is 1. The molecular weight excluding hydrogens is 284 g/mol. The van der Waals surface area contributed by atoms with Crippen LogP contribution in [-0.2, 0) is 20.9 Å². The van der Waals surface area contributed by atoms with Crippen molar-refractivity contribution < 1.29 is 19.1 Å². The number of carbonyl (C=O) groups excluding carboxylic acids is 2. The van der Waals surface area contributed by atoms with E-state index in [2.05, 4.69) is 15.4 Å². The Kier molecular flexibility index (Phi) is 6.21. The van der Waals surface area contributed by atoms with Gasteiger partial charge in [-0.05, 0) is 43.0 Å². The van der Waals surface area contributed by atoms with Crippen molar-refractivity contribution in [1.29, 1.82) is 0 Å². The van der Waals surface area contributed by atoms with E-state index < -0.39 is 5.97 Å². The molecule has 1 fully saturated rings. The zero-order valence-electron chi connectivity index (χ0n) is 12.8. The Hall–Kier alpha value is -2.08. The molecule has 1 aromatic carbocycles. The Balaban J connectivity index is 1.69. The van der Waals surface area contributed by atoms with Crippen molar-refractivity contribution in [2.75, 3.05) is 26.8 Å². The number of hydrogen-bond donors (Lipinski definition) is 2. The summed E-state index contributed by atoms with van der Waals surface area (Å²) >= 11 is 0. The van der Waals surface area contributed by atoms with E-state index in [9.17, 15) is 9.59 Å². The first-order chi connectivity index (χ1) is 10.7. The third kappa shape index (κ3) is 6.13. The highest BCUT2D eigenvalue weighted by molar-refractivity contribution is 5.78. The number of carbonyl (C=O) groups is 2. The molecule has 0 aromatic heterocycles. The molecule has 1 aliphatic rings. The number of esters is 1. The molecule has 0 aliphatic heterocycles. The fourth-order valence-electron chi connectivity index (χ4n) is 1.92. The smallest absolute Gasteiger partial charge is 0.343 e. The van der Waals surface area contributed by atoms with Gasteiger partial charge in [-0.3, -0.25) is 4.79 Å². The summed E-state index contributed by atoms with van der Waals surface area (Å²) in [6, 6.07) is 7.26. The first-order valence-corrected chi connectivity index (χ1v) is 7.43. The minimum Gasteiger partial charge on any atom is -0.482 e. The SMILES string of the molecule is COC(=O)COc1cccc(CNC(=O)CNCC2CC2)c1. The molecule has 0 atom stereocenters. The lowest BCUT2D eigenvalue weighted by molar-refractivity contribution is -0.142. The average Bonchev–Trinajstić information content (AvgIpc) is 3.35. The molecule has 1 aliphatic carbocycles. The molecule has 22 heavy (non-hydrogen) atoms. The molecule has 0 heterocycles. The van der Waals surface area contributed by atoms with Gasteiger partial charge < -0.3 is 20.1 Å². The second-order valence-electron chi connectivity index (χ2n) is 5.36. The maximum Gasteiger partial charge on any atom is 0.343 e. The van der Waals surface area contributed by atoms with Crippen LogP contribution in [0.15, 0.2) is 24.3 Å². The molecule has 0 unspecified atom stereocenters. The van der Waals surface area contributed by atoms with Gasteiger partial charge >= 0.3 is 5.97 Å². The number of rotatable bonds is 9. The van der Waals surface area contributed by atoms with Gasteiger partial charge in [0.25, 0.3) is 0 Å².